The molecule has 0 aliphatic rings. The zero-order valence-electron chi connectivity index (χ0n) is 17.2. The third-order valence-corrected chi connectivity index (χ3v) is 6.12. The minimum absolute atomic E-state index is 0.157. The fraction of sp³-hybridized carbons (Fsp3) is 0.250. The minimum atomic E-state index is -0.658. The summed E-state index contributed by atoms with van der Waals surface area (Å²) < 4.78 is 12.0. The molecular weight excluding hydrogens is 456 g/mol. The van der Waals surface area contributed by atoms with E-state index < -0.39 is 10.8 Å². The molecule has 1 heterocycles. The average molecular weight is 477 g/mol. The van der Waals surface area contributed by atoms with E-state index in [2.05, 4.69) is 15.6 Å². The van der Waals surface area contributed by atoms with Gasteiger partial charge in [0, 0.05) is 31.5 Å². The molecule has 2 amide bonds. The van der Waals surface area contributed by atoms with Crippen LogP contribution in [-0.2, 0) is 14.3 Å². The number of nitrogens with zero attached hydrogens (tertiary/aromatic N) is 2. The summed E-state index contributed by atoms with van der Waals surface area (Å²) in [4.78, 5) is 39.3. The second-order valence-electron chi connectivity index (χ2n) is 6.45. The van der Waals surface area contributed by atoms with Crippen LogP contribution in [0.2, 0.25) is 0 Å². The van der Waals surface area contributed by atoms with Crippen molar-refractivity contribution < 1.29 is 24.0 Å². The van der Waals surface area contributed by atoms with Crippen molar-refractivity contribution in [2.24, 2.45) is 0 Å². The number of nitro benzene ring substituents is 1. The molecule has 0 atom stereocenters. The van der Waals surface area contributed by atoms with Gasteiger partial charge in [-0.25, -0.2) is 4.98 Å². The Balaban J connectivity index is 1.75. The summed E-state index contributed by atoms with van der Waals surface area (Å²) in [5.74, 6) is -0.561. The van der Waals surface area contributed by atoms with Crippen LogP contribution >= 0.6 is 23.1 Å². The number of thioether (sulfide) groups is 1. The van der Waals surface area contributed by atoms with Crippen molar-refractivity contribution in [2.75, 3.05) is 36.9 Å². The van der Waals surface area contributed by atoms with E-state index in [9.17, 15) is 19.7 Å². The van der Waals surface area contributed by atoms with Gasteiger partial charge in [-0.3, -0.25) is 19.7 Å². The van der Waals surface area contributed by atoms with Crippen LogP contribution in [-0.4, -0.2) is 48.0 Å². The highest BCUT2D eigenvalue weighted by atomic mass is 32.2. The number of fused-ring (bicyclic) bond motifs is 1. The van der Waals surface area contributed by atoms with Gasteiger partial charge in [-0.05, 0) is 30.3 Å². The third-order valence-electron chi connectivity index (χ3n) is 4.08. The van der Waals surface area contributed by atoms with Gasteiger partial charge in [0.05, 0.1) is 34.3 Å². The molecule has 2 aromatic carbocycles. The molecule has 10 nitrogen and oxygen atoms in total. The molecule has 168 valence electrons. The van der Waals surface area contributed by atoms with E-state index in [0.29, 0.717) is 30.5 Å². The van der Waals surface area contributed by atoms with Gasteiger partial charge >= 0.3 is 0 Å². The van der Waals surface area contributed by atoms with Crippen molar-refractivity contribution in [3.8, 4) is 0 Å². The number of anilines is 2. The molecule has 32 heavy (non-hydrogen) atoms. The predicted molar refractivity (Wildman–Crippen MR) is 124 cm³/mol. The number of aromatic nitrogens is 1. The van der Waals surface area contributed by atoms with Crippen LogP contribution in [0.4, 0.5) is 17.1 Å². The molecule has 3 rings (SSSR count). The Morgan fingerprint density at radius 1 is 1.16 bits per heavy atom. The molecule has 0 fully saturated rings. The van der Waals surface area contributed by atoms with Crippen LogP contribution < -0.4 is 10.6 Å². The molecule has 1 aromatic heterocycles. The quantitative estimate of drug-likeness (QED) is 0.147. The number of carbonyl (C=O) groups is 2. The Labute approximate surface area is 191 Å². The van der Waals surface area contributed by atoms with Gasteiger partial charge in [-0.15, -0.1) is 11.3 Å². The number of methoxy groups -OCH3 is 1. The second-order valence-corrected chi connectivity index (χ2v) is 8.65. The first kappa shape index (κ1) is 23.6. The predicted octanol–water partition coefficient (Wildman–Crippen LogP) is 4.13. The maximum atomic E-state index is 12.8. The number of nitro groups is 1. The summed E-state index contributed by atoms with van der Waals surface area (Å²) >= 11 is 2.91. The van der Waals surface area contributed by atoms with Gasteiger partial charge in [-0.2, -0.15) is 0 Å². The zero-order chi connectivity index (χ0) is 23.1. The normalized spacial score (nSPS) is 10.8. The van der Waals surface area contributed by atoms with Gasteiger partial charge in [0.1, 0.15) is 5.56 Å². The lowest BCUT2D eigenvalue weighted by Gasteiger charge is -2.08. The molecule has 0 aliphatic heterocycles. The summed E-state index contributed by atoms with van der Waals surface area (Å²) in [7, 11) is 1.61. The first-order valence-corrected chi connectivity index (χ1v) is 11.1. The molecule has 12 heteroatoms. The van der Waals surface area contributed by atoms with E-state index in [-0.39, 0.29) is 17.2 Å². The number of carbonyl (C=O) groups excluding carboxylic acids is 2. The average Bonchev–Trinajstić information content (AvgIpc) is 3.15. The van der Waals surface area contributed by atoms with Crippen LogP contribution in [0.1, 0.15) is 17.3 Å². The molecule has 0 saturated carbocycles. The smallest absolute Gasteiger partial charge is 0.282 e. The molecule has 3 aromatic rings. The van der Waals surface area contributed by atoms with E-state index in [0.717, 1.165) is 14.6 Å². The molecule has 0 unspecified atom stereocenters. The number of benzene rings is 2. The number of amides is 2. The van der Waals surface area contributed by atoms with Crippen molar-refractivity contribution in [2.45, 2.75) is 11.3 Å². The Hall–Kier alpha value is -3.06. The van der Waals surface area contributed by atoms with Crippen molar-refractivity contribution in [1.29, 1.82) is 0 Å². The van der Waals surface area contributed by atoms with Gasteiger partial charge in [-0.1, -0.05) is 11.8 Å². The molecule has 0 aliphatic carbocycles. The molecule has 0 spiro atoms. The van der Waals surface area contributed by atoms with E-state index in [1.807, 2.05) is 0 Å². The Bertz CT molecular complexity index is 1150. The van der Waals surface area contributed by atoms with Gasteiger partial charge in [0.25, 0.3) is 11.6 Å². The van der Waals surface area contributed by atoms with Crippen LogP contribution in [0.5, 0.6) is 0 Å². The number of hydrogen-bond donors (Lipinski definition) is 2. The maximum absolute atomic E-state index is 12.8. The van der Waals surface area contributed by atoms with E-state index in [4.69, 9.17) is 9.47 Å². The molecule has 0 radical (unpaired) electrons. The van der Waals surface area contributed by atoms with E-state index in [1.165, 1.54) is 48.2 Å². The van der Waals surface area contributed by atoms with Gasteiger partial charge < -0.3 is 20.1 Å². The topological polar surface area (TPSA) is 133 Å². The van der Waals surface area contributed by atoms with E-state index in [1.54, 1.807) is 25.3 Å². The fourth-order valence-electron chi connectivity index (χ4n) is 2.69. The third kappa shape index (κ3) is 6.23. The second kappa shape index (κ2) is 11.0. The van der Waals surface area contributed by atoms with Crippen molar-refractivity contribution >= 4 is 62.2 Å². The lowest BCUT2D eigenvalue weighted by molar-refractivity contribution is -0.385. The van der Waals surface area contributed by atoms with Crippen molar-refractivity contribution in [3.05, 3.63) is 52.1 Å². The van der Waals surface area contributed by atoms with Crippen LogP contribution in [0.25, 0.3) is 10.2 Å². The van der Waals surface area contributed by atoms with Crippen molar-refractivity contribution in [1.82, 2.24) is 4.98 Å². The Morgan fingerprint density at radius 3 is 2.62 bits per heavy atom. The molecular formula is C20H20N4O6S2. The summed E-state index contributed by atoms with van der Waals surface area (Å²) in [5, 5.41) is 16.5. The lowest BCUT2D eigenvalue weighted by atomic mass is 10.1. The lowest BCUT2D eigenvalue weighted by Crippen LogP contribution is -2.15. The highest BCUT2D eigenvalue weighted by molar-refractivity contribution is 8.01. The SMILES string of the molecule is COCCOCSc1nc2ccc(NC(=O)c3cc(NC(C)=O)ccc3[N+](=O)[O-])cc2s1. The monoisotopic (exact) mass is 476 g/mol. The number of thiazole rings is 1. The van der Waals surface area contributed by atoms with E-state index >= 15 is 0 Å². The van der Waals surface area contributed by atoms with Crippen LogP contribution in [0.3, 0.4) is 0 Å². The van der Waals surface area contributed by atoms with Crippen molar-refractivity contribution in [3.63, 3.8) is 0 Å². The number of rotatable bonds is 10. The summed E-state index contributed by atoms with van der Waals surface area (Å²) in [6, 6.07) is 9.03. The largest absolute Gasteiger partial charge is 0.382 e. The fourth-order valence-corrected chi connectivity index (χ4v) is 4.54. The standard InChI is InChI=1S/C20H20N4O6S2/c1-12(25)21-13-4-6-17(24(27)28)15(9-13)19(26)22-14-3-5-16-18(10-14)32-20(23-16)31-11-30-8-7-29-2/h3-6,9-10H,7-8,11H2,1-2H3,(H,21,25)(H,22,26). The molecule has 0 saturated heterocycles. The summed E-state index contributed by atoms with van der Waals surface area (Å²) in [5.41, 5.74) is 1.02. The van der Waals surface area contributed by atoms with Gasteiger partial charge in [0.2, 0.25) is 5.91 Å². The number of ether oxygens (including phenoxy) is 2. The Kier molecular flexibility index (Phi) is 8.11. The summed E-state index contributed by atoms with van der Waals surface area (Å²) in [6.07, 6.45) is 0. The Morgan fingerprint density at radius 2 is 1.91 bits per heavy atom. The maximum Gasteiger partial charge on any atom is 0.282 e. The number of hydrogen-bond acceptors (Lipinski definition) is 9. The van der Waals surface area contributed by atoms with Crippen LogP contribution in [0.15, 0.2) is 40.7 Å². The molecule has 0 bridgehead atoms. The summed E-state index contributed by atoms with van der Waals surface area (Å²) in [6.45, 7) is 2.33. The first-order valence-electron chi connectivity index (χ1n) is 9.35. The highest BCUT2D eigenvalue weighted by Crippen LogP contribution is 2.32. The van der Waals surface area contributed by atoms with Gasteiger partial charge in [0.15, 0.2) is 4.34 Å². The first-order chi connectivity index (χ1) is 15.4. The molecule has 2 N–H and O–H groups in total. The highest BCUT2D eigenvalue weighted by Gasteiger charge is 2.21. The number of nitrogens with one attached hydrogen (secondary N) is 2. The minimum Gasteiger partial charge on any atom is -0.382 e. The zero-order valence-corrected chi connectivity index (χ0v) is 18.9. The van der Waals surface area contributed by atoms with Crippen LogP contribution in [0, 0.1) is 10.1 Å².